The number of imidazole rings is 1. The Morgan fingerprint density at radius 3 is 2.56 bits per heavy atom. The highest BCUT2D eigenvalue weighted by Crippen LogP contribution is 2.20. The Labute approximate surface area is 148 Å². The van der Waals surface area contributed by atoms with Crippen molar-refractivity contribution in [2.24, 2.45) is 0 Å². The third-order valence-electron chi connectivity index (χ3n) is 4.20. The second-order valence-corrected chi connectivity index (χ2v) is 6.48. The van der Waals surface area contributed by atoms with Gasteiger partial charge in [-0.3, -0.25) is 9.20 Å². The maximum atomic E-state index is 12.9. The van der Waals surface area contributed by atoms with Crippen molar-refractivity contribution >= 4 is 22.9 Å². The minimum Gasteiger partial charge on any atom is -0.378 e. The number of amides is 1. The van der Waals surface area contributed by atoms with E-state index in [0.29, 0.717) is 5.69 Å². The van der Waals surface area contributed by atoms with Crippen molar-refractivity contribution in [2.75, 3.05) is 24.3 Å². The molecular weight excluding hydrogens is 312 g/mol. The van der Waals surface area contributed by atoms with Crippen LogP contribution >= 0.6 is 0 Å². The summed E-state index contributed by atoms with van der Waals surface area (Å²) in [5, 5.41) is 3.00. The first-order chi connectivity index (χ1) is 12.0. The number of aryl methyl sites for hydroxylation is 2. The largest absolute Gasteiger partial charge is 0.378 e. The molecule has 0 aliphatic carbocycles. The van der Waals surface area contributed by atoms with Crippen LogP contribution in [-0.2, 0) is 6.42 Å². The third kappa shape index (κ3) is 3.50. The molecule has 2 heterocycles. The van der Waals surface area contributed by atoms with Crippen molar-refractivity contribution in [2.45, 2.75) is 26.7 Å². The zero-order valence-corrected chi connectivity index (χ0v) is 15.2. The lowest BCUT2D eigenvalue weighted by Crippen LogP contribution is -2.16. The highest BCUT2D eigenvalue weighted by Gasteiger charge is 2.19. The summed E-state index contributed by atoms with van der Waals surface area (Å²) in [7, 11) is 3.98. The van der Waals surface area contributed by atoms with E-state index in [0.717, 1.165) is 41.1 Å². The molecule has 3 rings (SSSR count). The third-order valence-corrected chi connectivity index (χ3v) is 4.20. The van der Waals surface area contributed by atoms with Crippen LogP contribution in [0.4, 0.5) is 11.4 Å². The second kappa shape index (κ2) is 6.97. The fourth-order valence-corrected chi connectivity index (χ4v) is 2.88. The average Bonchev–Trinajstić information content (AvgIpc) is 2.92. The molecule has 0 atom stereocenters. The van der Waals surface area contributed by atoms with Crippen LogP contribution in [0.1, 0.15) is 35.1 Å². The maximum Gasteiger partial charge on any atom is 0.274 e. The highest BCUT2D eigenvalue weighted by atomic mass is 16.2. The van der Waals surface area contributed by atoms with Crippen LogP contribution in [0.2, 0.25) is 0 Å². The van der Waals surface area contributed by atoms with Gasteiger partial charge in [0.25, 0.3) is 5.91 Å². The van der Waals surface area contributed by atoms with Crippen LogP contribution in [0.5, 0.6) is 0 Å². The number of nitrogens with one attached hydrogen (secondary N) is 1. The first-order valence-electron chi connectivity index (χ1n) is 8.56. The molecule has 0 aliphatic rings. The predicted octanol–water partition coefficient (Wildman–Crippen LogP) is 3.91. The van der Waals surface area contributed by atoms with Gasteiger partial charge in [-0.05, 0) is 55.3 Å². The van der Waals surface area contributed by atoms with E-state index in [9.17, 15) is 4.79 Å². The van der Waals surface area contributed by atoms with E-state index in [4.69, 9.17) is 0 Å². The van der Waals surface area contributed by atoms with Gasteiger partial charge in [0.2, 0.25) is 0 Å². The first-order valence-corrected chi connectivity index (χ1v) is 8.56. The van der Waals surface area contributed by atoms with Gasteiger partial charge in [-0.1, -0.05) is 13.3 Å². The molecule has 1 N–H and O–H groups in total. The molecule has 0 saturated heterocycles. The molecule has 0 fully saturated rings. The number of rotatable bonds is 5. The summed E-state index contributed by atoms with van der Waals surface area (Å²) >= 11 is 0. The van der Waals surface area contributed by atoms with E-state index in [1.807, 2.05) is 72.9 Å². The van der Waals surface area contributed by atoms with Crippen molar-refractivity contribution < 1.29 is 4.79 Å². The monoisotopic (exact) mass is 336 g/mol. The van der Waals surface area contributed by atoms with E-state index < -0.39 is 0 Å². The summed E-state index contributed by atoms with van der Waals surface area (Å²) < 4.78 is 1.88. The Hall–Kier alpha value is -2.82. The van der Waals surface area contributed by atoms with Gasteiger partial charge in [-0.2, -0.15) is 0 Å². The first kappa shape index (κ1) is 17.0. The highest BCUT2D eigenvalue weighted by molar-refractivity contribution is 6.04. The zero-order valence-electron chi connectivity index (χ0n) is 15.2. The maximum absolute atomic E-state index is 12.9. The molecule has 130 valence electrons. The Balaban J connectivity index is 1.94. The number of hydrogen-bond acceptors (Lipinski definition) is 3. The molecule has 0 saturated carbocycles. The summed E-state index contributed by atoms with van der Waals surface area (Å²) in [6.07, 6.45) is 3.64. The SMILES string of the molecule is CCCc1nc2cc(C)ccn2c1C(=O)Nc1ccc(N(C)C)cc1. The van der Waals surface area contributed by atoms with Crippen LogP contribution in [0.3, 0.4) is 0 Å². The molecule has 5 nitrogen and oxygen atoms in total. The van der Waals surface area contributed by atoms with Gasteiger partial charge in [0.15, 0.2) is 0 Å². The second-order valence-electron chi connectivity index (χ2n) is 6.48. The molecule has 0 aliphatic heterocycles. The molecule has 2 aromatic heterocycles. The fraction of sp³-hybridized carbons (Fsp3) is 0.300. The topological polar surface area (TPSA) is 49.6 Å². The summed E-state index contributed by atoms with van der Waals surface area (Å²) in [5.41, 5.74) is 5.28. The predicted molar refractivity (Wildman–Crippen MR) is 103 cm³/mol. The van der Waals surface area contributed by atoms with Gasteiger partial charge in [-0.25, -0.2) is 4.98 Å². The number of hydrogen-bond donors (Lipinski definition) is 1. The summed E-state index contributed by atoms with van der Waals surface area (Å²) in [5.74, 6) is -0.127. The summed E-state index contributed by atoms with van der Waals surface area (Å²) in [4.78, 5) is 19.6. The van der Waals surface area contributed by atoms with E-state index in [1.54, 1.807) is 0 Å². The Kier molecular flexibility index (Phi) is 4.74. The molecule has 1 aromatic carbocycles. The van der Waals surface area contributed by atoms with E-state index in [-0.39, 0.29) is 5.91 Å². The number of fused-ring (bicyclic) bond motifs is 1. The lowest BCUT2D eigenvalue weighted by Gasteiger charge is -2.13. The molecule has 25 heavy (non-hydrogen) atoms. The lowest BCUT2D eigenvalue weighted by atomic mass is 10.2. The van der Waals surface area contributed by atoms with Gasteiger partial charge < -0.3 is 10.2 Å². The molecule has 5 heteroatoms. The standard InChI is InChI=1S/C20H24N4O/c1-5-6-17-19(24-12-11-14(2)13-18(24)22-17)20(25)21-15-7-9-16(10-8-15)23(3)4/h7-13H,5-6H2,1-4H3,(H,21,25). The van der Waals surface area contributed by atoms with Crippen molar-refractivity contribution in [3.8, 4) is 0 Å². The summed E-state index contributed by atoms with van der Waals surface area (Å²) in [6.45, 7) is 4.12. The van der Waals surface area contributed by atoms with Crippen LogP contribution in [0, 0.1) is 6.92 Å². The number of aromatic nitrogens is 2. The number of pyridine rings is 1. The average molecular weight is 336 g/mol. The van der Waals surface area contributed by atoms with E-state index >= 15 is 0 Å². The molecular formula is C20H24N4O. The number of nitrogens with zero attached hydrogens (tertiary/aromatic N) is 3. The molecule has 0 spiro atoms. The Bertz CT molecular complexity index is 894. The van der Waals surface area contributed by atoms with Gasteiger partial charge in [0, 0.05) is 31.7 Å². The molecule has 0 unspecified atom stereocenters. The van der Waals surface area contributed by atoms with Crippen molar-refractivity contribution in [1.29, 1.82) is 0 Å². The lowest BCUT2D eigenvalue weighted by molar-refractivity contribution is 0.102. The van der Waals surface area contributed by atoms with E-state index in [1.165, 1.54) is 0 Å². The van der Waals surface area contributed by atoms with Crippen molar-refractivity contribution in [3.63, 3.8) is 0 Å². The van der Waals surface area contributed by atoms with Gasteiger partial charge in [0.1, 0.15) is 11.3 Å². The minimum absolute atomic E-state index is 0.127. The van der Waals surface area contributed by atoms with Crippen molar-refractivity contribution in [1.82, 2.24) is 9.38 Å². The number of carbonyl (C=O) groups excluding carboxylic acids is 1. The van der Waals surface area contributed by atoms with E-state index in [2.05, 4.69) is 17.2 Å². The molecule has 0 bridgehead atoms. The molecule has 3 aromatic rings. The van der Waals surface area contributed by atoms with Gasteiger partial charge in [0.05, 0.1) is 5.69 Å². The Morgan fingerprint density at radius 1 is 1.20 bits per heavy atom. The molecule has 1 amide bonds. The minimum atomic E-state index is -0.127. The van der Waals surface area contributed by atoms with Crippen molar-refractivity contribution in [3.05, 3.63) is 59.5 Å². The Morgan fingerprint density at radius 2 is 1.92 bits per heavy atom. The number of carbonyl (C=O) groups is 1. The van der Waals surface area contributed by atoms with Crippen LogP contribution in [-0.4, -0.2) is 29.4 Å². The van der Waals surface area contributed by atoms with Gasteiger partial charge >= 0.3 is 0 Å². The fourth-order valence-electron chi connectivity index (χ4n) is 2.88. The molecule has 0 radical (unpaired) electrons. The van der Waals surface area contributed by atoms with Crippen LogP contribution in [0.25, 0.3) is 5.65 Å². The number of benzene rings is 1. The van der Waals surface area contributed by atoms with Crippen LogP contribution < -0.4 is 10.2 Å². The summed E-state index contributed by atoms with van der Waals surface area (Å²) in [6, 6.07) is 11.8. The normalized spacial score (nSPS) is 10.9. The number of anilines is 2. The quantitative estimate of drug-likeness (QED) is 0.768. The van der Waals surface area contributed by atoms with Gasteiger partial charge in [-0.15, -0.1) is 0 Å². The zero-order chi connectivity index (χ0) is 18.0. The smallest absolute Gasteiger partial charge is 0.274 e. The van der Waals surface area contributed by atoms with Crippen LogP contribution in [0.15, 0.2) is 42.6 Å².